The molecular formula is C26H14Br2O6. The van der Waals surface area contributed by atoms with Gasteiger partial charge in [0.15, 0.2) is 12.6 Å². The Morgan fingerprint density at radius 3 is 1.76 bits per heavy atom. The summed E-state index contributed by atoms with van der Waals surface area (Å²) in [4.78, 5) is 49.3. The summed E-state index contributed by atoms with van der Waals surface area (Å²) in [6.07, 6.45) is 1.41. The molecule has 168 valence electrons. The number of ether oxygens (including phenoxy) is 2. The van der Waals surface area contributed by atoms with Crippen LogP contribution in [0.15, 0.2) is 45.3 Å². The van der Waals surface area contributed by atoms with Crippen LogP contribution in [-0.4, -0.2) is 38.7 Å². The van der Waals surface area contributed by atoms with E-state index >= 15 is 0 Å². The lowest BCUT2D eigenvalue weighted by Gasteiger charge is -2.20. The van der Waals surface area contributed by atoms with Crippen LogP contribution in [0.4, 0.5) is 0 Å². The van der Waals surface area contributed by atoms with Crippen molar-refractivity contribution in [1.82, 2.24) is 0 Å². The molecule has 0 spiro atoms. The molecule has 0 bridgehead atoms. The van der Waals surface area contributed by atoms with Crippen molar-refractivity contribution in [3.05, 3.63) is 67.6 Å². The minimum absolute atomic E-state index is 0.249. The molecule has 0 fully saturated rings. The maximum atomic E-state index is 12.7. The first-order valence-corrected chi connectivity index (χ1v) is 11.6. The van der Waals surface area contributed by atoms with Crippen molar-refractivity contribution >= 4 is 99.5 Å². The second-order valence-corrected chi connectivity index (χ2v) is 9.39. The van der Waals surface area contributed by atoms with Crippen LogP contribution in [0.25, 0.3) is 43.1 Å². The lowest BCUT2D eigenvalue weighted by Crippen LogP contribution is -2.06. The van der Waals surface area contributed by atoms with Gasteiger partial charge in [0.05, 0.1) is 25.3 Å². The Morgan fingerprint density at radius 2 is 1.18 bits per heavy atom. The third-order valence-electron chi connectivity index (χ3n) is 6.14. The molecule has 8 heteroatoms. The third kappa shape index (κ3) is 2.91. The first-order chi connectivity index (χ1) is 16.4. The van der Waals surface area contributed by atoms with Gasteiger partial charge in [-0.3, -0.25) is 9.59 Å². The minimum Gasteiger partial charge on any atom is -0.465 e. The molecule has 0 saturated heterocycles. The minimum atomic E-state index is -0.572. The number of carbonyl (C=O) groups excluding carboxylic acids is 4. The molecule has 0 N–H and O–H groups in total. The predicted octanol–water partition coefficient (Wildman–Crippen LogP) is 6.46. The van der Waals surface area contributed by atoms with Gasteiger partial charge in [0.25, 0.3) is 0 Å². The van der Waals surface area contributed by atoms with Crippen LogP contribution >= 0.6 is 31.9 Å². The second kappa shape index (κ2) is 8.14. The highest BCUT2D eigenvalue weighted by Gasteiger charge is 2.26. The number of methoxy groups -OCH3 is 2. The molecule has 5 aromatic carbocycles. The Morgan fingerprint density at radius 1 is 0.647 bits per heavy atom. The number of carbonyl (C=O) groups is 4. The average Bonchev–Trinajstić information content (AvgIpc) is 2.86. The average molecular weight is 582 g/mol. The van der Waals surface area contributed by atoms with Gasteiger partial charge < -0.3 is 9.47 Å². The van der Waals surface area contributed by atoms with E-state index in [0.29, 0.717) is 54.2 Å². The summed E-state index contributed by atoms with van der Waals surface area (Å²) >= 11 is 7.21. The molecule has 0 unspecified atom stereocenters. The number of aldehydes is 2. The number of hydrogen-bond donors (Lipinski definition) is 0. The molecular weight excluding hydrogens is 568 g/mol. The molecule has 0 aliphatic rings. The first kappa shape index (κ1) is 22.4. The molecule has 0 radical (unpaired) electrons. The van der Waals surface area contributed by atoms with Gasteiger partial charge in [-0.05, 0) is 34.4 Å². The van der Waals surface area contributed by atoms with Gasteiger partial charge in [0.2, 0.25) is 0 Å². The van der Waals surface area contributed by atoms with Crippen molar-refractivity contribution in [2.24, 2.45) is 0 Å². The van der Waals surface area contributed by atoms with Gasteiger partial charge >= 0.3 is 11.9 Å². The topological polar surface area (TPSA) is 86.7 Å². The number of hydrogen-bond acceptors (Lipinski definition) is 6. The summed E-state index contributed by atoms with van der Waals surface area (Å²) in [6, 6.07) is 10.1. The Bertz CT molecular complexity index is 1700. The SMILES string of the molecule is COC(=O)c1ccc2c3c(Br)cc(C(=O)OC)c4c(C=O)cc(Br)c(c5ccc(C=O)c1c52)c43. The molecule has 5 rings (SSSR count). The maximum Gasteiger partial charge on any atom is 0.338 e. The molecule has 0 atom stereocenters. The number of fused-ring (bicyclic) bond motifs is 2. The van der Waals surface area contributed by atoms with Gasteiger partial charge in [0.1, 0.15) is 0 Å². The van der Waals surface area contributed by atoms with Crippen LogP contribution in [0.5, 0.6) is 0 Å². The summed E-state index contributed by atoms with van der Waals surface area (Å²) in [5, 5.41) is 5.30. The van der Waals surface area contributed by atoms with Gasteiger partial charge in [-0.15, -0.1) is 0 Å². The molecule has 5 aromatic rings. The number of esters is 2. The van der Waals surface area contributed by atoms with Crippen molar-refractivity contribution < 1.29 is 28.7 Å². The Kier molecular flexibility index (Phi) is 5.37. The fraction of sp³-hybridized carbons (Fsp3) is 0.0769. The van der Waals surface area contributed by atoms with Crippen LogP contribution < -0.4 is 0 Å². The number of benzene rings is 5. The van der Waals surface area contributed by atoms with Crippen molar-refractivity contribution in [3.8, 4) is 0 Å². The molecule has 0 saturated carbocycles. The van der Waals surface area contributed by atoms with E-state index in [9.17, 15) is 19.2 Å². The first-order valence-electron chi connectivity index (χ1n) is 10.0. The molecule has 0 aliphatic heterocycles. The third-order valence-corrected chi connectivity index (χ3v) is 7.39. The van der Waals surface area contributed by atoms with E-state index in [4.69, 9.17) is 9.47 Å². The van der Waals surface area contributed by atoms with E-state index in [2.05, 4.69) is 31.9 Å². The van der Waals surface area contributed by atoms with Crippen LogP contribution in [0.2, 0.25) is 0 Å². The van der Waals surface area contributed by atoms with Gasteiger partial charge in [-0.1, -0.05) is 50.1 Å². The molecule has 0 heterocycles. The normalized spacial score (nSPS) is 11.4. The standard InChI is InChI=1S/C26H14Br2O6/c1-33-25(31)15-6-5-14-21-13(4-3-11(9-29)19(15)21)22-17(27)7-12(10-30)20-16(26(32)34-2)8-18(28)23(14)24(20)22/h3-10H,1-2H3. The summed E-state index contributed by atoms with van der Waals surface area (Å²) in [6.45, 7) is 0. The van der Waals surface area contributed by atoms with Gasteiger partial charge in [-0.2, -0.15) is 0 Å². The highest BCUT2D eigenvalue weighted by molar-refractivity contribution is 9.11. The summed E-state index contributed by atoms with van der Waals surface area (Å²) in [5.74, 6) is -1.13. The van der Waals surface area contributed by atoms with E-state index in [1.165, 1.54) is 14.2 Å². The van der Waals surface area contributed by atoms with Gasteiger partial charge in [0, 0.05) is 47.0 Å². The van der Waals surface area contributed by atoms with Gasteiger partial charge in [-0.25, -0.2) is 9.59 Å². The van der Waals surface area contributed by atoms with E-state index < -0.39 is 11.9 Å². The van der Waals surface area contributed by atoms with Crippen LogP contribution in [0.3, 0.4) is 0 Å². The highest BCUT2D eigenvalue weighted by atomic mass is 79.9. The Labute approximate surface area is 209 Å². The molecule has 0 aromatic heterocycles. The zero-order chi connectivity index (χ0) is 24.3. The Balaban J connectivity index is 2.20. The molecule has 0 amide bonds. The van der Waals surface area contributed by atoms with E-state index in [1.807, 2.05) is 0 Å². The Hall–Kier alpha value is -3.36. The van der Waals surface area contributed by atoms with Crippen molar-refractivity contribution in [3.63, 3.8) is 0 Å². The quantitative estimate of drug-likeness (QED) is 0.105. The lowest BCUT2D eigenvalue weighted by molar-refractivity contribution is 0.0594. The molecule has 34 heavy (non-hydrogen) atoms. The second-order valence-electron chi connectivity index (χ2n) is 7.69. The van der Waals surface area contributed by atoms with Crippen LogP contribution in [0.1, 0.15) is 41.4 Å². The lowest BCUT2D eigenvalue weighted by atomic mass is 9.84. The fourth-order valence-electron chi connectivity index (χ4n) is 4.81. The number of rotatable bonds is 4. The maximum absolute atomic E-state index is 12.7. The van der Waals surface area contributed by atoms with Crippen molar-refractivity contribution in [2.45, 2.75) is 0 Å². The van der Waals surface area contributed by atoms with Crippen molar-refractivity contribution in [2.75, 3.05) is 14.2 Å². The zero-order valence-corrected chi connectivity index (χ0v) is 21.0. The zero-order valence-electron chi connectivity index (χ0n) is 17.8. The predicted molar refractivity (Wildman–Crippen MR) is 137 cm³/mol. The summed E-state index contributed by atoms with van der Waals surface area (Å²) in [5.41, 5.74) is 1.20. The van der Waals surface area contributed by atoms with Crippen molar-refractivity contribution in [1.29, 1.82) is 0 Å². The van der Waals surface area contributed by atoms with E-state index in [1.54, 1.807) is 36.4 Å². The summed E-state index contributed by atoms with van der Waals surface area (Å²) < 4.78 is 11.2. The highest BCUT2D eigenvalue weighted by Crippen LogP contribution is 2.48. The monoisotopic (exact) mass is 580 g/mol. The van der Waals surface area contributed by atoms with E-state index in [-0.39, 0.29) is 11.1 Å². The smallest absolute Gasteiger partial charge is 0.338 e. The molecule has 0 aliphatic carbocycles. The summed E-state index contributed by atoms with van der Waals surface area (Å²) in [7, 11) is 2.57. The van der Waals surface area contributed by atoms with Crippen LogP contribution in [0, 0.1) is 0 Å². The molecule has 6 nitrogen and oxygen atoms in total. The van der Waals surface area contributed by atoms with Crippen LogP contribution in [-0.2, 0) is 9.47 Å². The fourth-order valence-corrected chi connectivity index (χ4v) is 6.11. The number of halogens is 2. The van der Waals surface area contributed by atoms with E-state index in [0.717, 1.165) is 21.5 Å². The largest absolute Gasteiger partial charge is 0.465 e.